The number of guanidine groups is 1. The van der Waals surface area contributed by atoms with E-state index >= 15 is 0 Å². The van der Waals surface area contributed by atoms with Gasteiger partial charge in [-0.15, -0.1) is 11.3 Å². The molecule has 164 valence electrons. The van der Waals surface area contributed by atoms with Gasteiger partial charge in [0.25, 0.3) is 0 Å². The second-order valence-electron chi connectivity index (χ2n) is 7.50. The smallest absolute Gasteiger partial charge is 0.191 e. The van der Waals surface area contributed by atoms with Crippen LogP contribution in [-0.4, -0.2) is 48.5 Å². The monoisotopic (exact) mass is 438 g/mol. The van der Waals surface area contributed by atoms with Gasteiger partial charge < -0.3 is 20.3 Å². The molecule has 2 aromatic heterocycles. The Bertz CT molecular complexity index is 958. The molecule has 0 amide bonds. The topological polar surface area (TPSA) is 66.7 Å². The van der Waals surface area contributed by atoms with Crippen molar-refractivity contribution in [3.05, 3.63) is 59.7 Å². The third-order valence-electron chi connectivity index (χ3n) is 5.38. The van der Waals surface area contributed by atoms with Crippen LogP contribution >= 0.6 is 11.3 Å². The number of hydrogen-bond donors (Lipinski definition) is 2. The van der Waals surface area contributed by atoms with E-state index in [1.165, 1.54) is 5.00 Å². The maximum atomic E-state index is 5.22. The zero-order chi connectivity index (χ0) is 21.5. The van der Waals surface area contributed by atoms with Gasteiger partial charge >= 0.3 is 0 Å². The Morgan fingerprint density at radius 3 is 2.68 bits per heavy atom. The Morgan fingerprint density at radius 2 is 2.00 bits per heavy atom. The minimum Gasteiger partial charge on any atom is -0.497 e. The highest BCUT2D eigenvalue weighted by molar-refractivity contribution is 7.14. The summed E-state index contributed by atoms with van der Waals surface area (Å²) in [4.78, 5) is 7.24. The zero-order valence-corrected chi connectivity index (χ0v) is 18.9. The first-order chi connectivity index (χ1) is 15.2. The highest BCUT2D eigenvalue weighted by Gasteiger charge is 2.20. The van der Waals surface area contributed by atoms with Crippen LogP contribution in [0.1, 0.15) is 25.5 Å². The van der Waals surface area contributed by atoms with Gasteiger partial charge in [-0.05, 0) is 67.6 Å². The molecule has 0 unspecified atom stereocenters. The molecule has 2 N–H and O–H groups in total. The lowest BCUT2D eigenvalue weighted by atomic mass is 10.1. The van der Waals surface area contributed by atoms with Crippen LogP contribution in [-0.2, 0) is 6.54 Å². The van der Waals surface area contributed by atoms with E-state index in [2.05, 4.69) is 45.1 Å². The second-order valence-corrected chi connectivity index (χ2v) is 8.43. The van der Waals surface area contributed by atoms with Crippen molar-refractivity contribution >= 4 is 22.3 Å². The first-order valence-electron chi connectivity index (χ1n) is 10.8. The molecule has 1 aliphatic rings. The van der Waals surface area contributed by atoms with E-state index in [1.54, 1.807) is 7.11 Å². The number of benzene rings is 1. The predicted octanol–water partition coefficient (Wildman–Crippen LogP) is 3.67. The molecule has 8 heteroatoms. The molecule has 1 aliphatic heterocycles. The van der Waals surface area contributed by atoms with Crippen molar-refractivity contribution in [3.63, 3.8) is 0 Å². The molecule has 0 saturated carbocycles. The van der Waals surface area contributed by atoms with Gasteiger partial charge in [0.1, 0.15) is 5.75 Å². The van der Waals surface area contributed by atoms with E-state index in [-0.39, 0.29) is 0 Å². The number of aromatic nitrogens is 2. The normalized spacial score (nSPS) is 15.2. The summed E-state index contributed by atoms with van der Waals surface area (Å²) in [5, 5.41) is 15.2. The van der Waals surface area contributed by atoms with E-state index in [4.69, 9.17) is 9.73 Å². The molecule has 0 aliphatic carbocycles. The van der Waals surface area contributed by atoms with Crippen molar-refractivity contribution in [2.24, 2.45) is 4.99 Å². The Balaban J connectivity index is 1.33. The highest BCUT2D eigenvalue weighted by Crippen LogP contribution is 2.24. The Morgan fingerprint density at radius 1 is 1.19 bits per heavy atom. The van der Waals surface area contributed by atoms with E-state index < -0.39 is 0 Å². The van der Waals surface area contributed by atoms with Crippen molar-refractivity contribution in [1.82, 2.24) is 20.4 Å². The quantitative estimate of drug-likeness (QED) is 0.435. The van der Waals surface area contributed by atoms with Gasteiger partial charge in [0, 0.05) is 31.9 Å². The van der Waals surface area contributed by atoms with Crippen molar-refractivity contribution in [2.75, 3.05) is 31.6 Å². The van der Waals surface area contributed by atoms with E-state index in [0.717, 1.165) is 55.6 Å². The fourth-order valence-electron chi connectivity index (χ4n) is 3.69. The third-order valence-corrected chi connectivity index (χ3v) is 6.31. The van der Waals surface area contributed by atoms with Crippen LogP contribution in [0.2, 0.25) is 0 Å². The summed E-state index contributed by atoms with van der Waals surface area (Å²) in [5.41, 5.74) is 1.93. The van der Waals surface area contributed by atoms with Crippen LogP contribution in [0.4, 0.5) is 5.00 Å². The summed E-state index contributed by atoms with van der Waals surface area (Å²) in [5.74, 6) is 1.69. The molecule has 0 radical (unpaired) electrons. The van der Waals surface area contributed by atoms with Gasteiger partial charge in [0.05, 0.1) is 30.0 Å². The van der Waals surface area contributed by atoms with Crippen LogP contribution in [0.5, 0.6) is 5.75 Å². The largest absolute Gasteiger partial charge is 0.497 e. The SMILES string of the molecule is CCNC(=NCc1ccn(-c2ccc(OC)cc2)n1)NC1CCN(c2cccs2)CC1. The Labute approximate surface area is 187 Å². The van der Waals surface area contributed by atoms with Crippen molar-refractivity contribution in [2.45, 2.75) is 32.4 Å². The van der Waals surface area contributed by atoms with E-state index in [1.807, 2.05) is 52.5 Å². The summed E-state index contributed by atoms with van der Waals surface area (Å²) in [6.07, 6.45) is 4.18. The minimum atomic E-state index is 0.436. The van der Waals surface area contributed by atoms with E-state index in [9.17, 15) is 0 Å². The first-order valence-corrected chi connectivity index (χ1v) is 11.7. The molecule has 7 nitrogen and oxygen atoms in total. The molecular formula is C23H30N6OS. The third kappa shape index (κ3) is 5.58. The summed E-state index contributed by atoms with van der Waals surface area (Å²) in [6, 6.07) is 14.6. The molecule has 3 heterocycles. The standard InChI is InChI=1S/C23H30N6OS/c1-3-24-23(26-18-10-13-28(14-11-18)22-5-4-16-31-22)25-17-19-12-15-29(27-19)20-6-8-21(30-2)9-7-20/h4-9,12,15-16,18H,3,10-11,13-14,17H2,1-2H3,(H2,24,25,26). The lowest BCUT2D eigenvalue weighted by Crippen LogP contribution is -2.48. The molecule has 0 spiro atoms. The number of methoxy groups -OCH3 is 1. The van der Waals surface area contributed by atoms with Gasteiger partial charge in [0.2, 0.25) is 0 Å². The van der Waals surface area contributed by atoms with Crippen LogP contribution in [0, 0.1) is 0 Å². The highest BCUT2D eigenvalue weighted by atomic mass is 32.1. The summed E-state index contributed by atoms with van der Waals surface area (Å²) < 4.78 is 7.09. The van der Waals surface area contributed by atoms with Crippen LogP contribution in [0.25, 0.3) is 5.69 Å². The Hall–Kier alpha value is -3.00. The average molecular weight is 439 g/mol. The predicted molar refractivity (Wildman–Crippen MR) is 128 cm³/mol. The number of nitrogens with zero attached hydrogens (tertiary/aromatic N) is 4. The maximum Gasteiger partial charge on any atom is 0.191 e. The molecule has 0 atom stereocenters. The fraction of sp³-hybridized carbons (Fsp3) is 0.391. The van der Waals surface area contributed by atoms with Crippen LogP contribution < -0.4 is 20.3 Å². The molecule has 1 fully saturated rings. The molecule has 4 rings (SSSR count). The molecule has 3 aromatic rings. The lowest BCUT2D eigenvalue weighted by Gasteiger charge is -2.33. The number of thiophene rings is 1. The van der Waals surface area contributed by atoms with Crippen molar-refractivity contribution in [3.8, 4) is 11.4 Å². The van der Waals surface area contributed by atoms with E-state index in [0.29, 0.717) is 12.6 Å². The molecule has 31 heavy (non-hydrogen) atoms. The minimum absolute atomic E-state index is 0.436. The number of ether oxygens (including phenoxy) is 1. The molecule has 0 bridgehead atoms. The average Bonchev–Trinajstić information content (AvgIpc) is 3.51. The van der Waals surface area contributed by atoms with Gasteiger partial charge in [-0.25, -0.2) is 9.67 Å². The van der Waals surface area contributed by atoms with Gasteiger partial charge in [0.15, 0.2) is 5.96 Å². The second kappa shape index (κ2) is 10.3. The van der Waals surface area contributed by atoms with Gasteiger partial charge in [-0.3, -0.25) is 0 Å². The number of anilines is 1. The van der Waals surface area contributed by atoms with Crippen molar-refractivity contribution in [1.29, 1.82) is 0 Å². The van der Waals surface area contributed by atoms with Crippen LogP contribution in [0.3, 0.4) is 0 Å². The number of hydrogen-bond acceptors (Lipinski definition) is 5. The van der Waals surface area contributed by atoms with Crippen LogP contribution in [0.15, 0.2) is 59.0 Å². The van der Waals surface area contributed by atoms with Gasteiger partial charge in [-0.1, -0.05) is 0 Å². The number of aliphatic imine (C=N–C) groups is 1. The van der Waals surface area contributed by atoms with Crippen molar-refractivity contribution < 1.29 is 4.74 Å². The number of rotatable bonds is 7. The van der Waals surface area contributed by atoms with Gasteiger partial charge in [-0.2, -0.15) is 5.10 Å². The number of nitrogens with one attached hydrogen (secondary N) is 2. The molecular weight excluding hydrogens is 408 g/mol. The Kier molecular flexibility index (Phi) is 7.09. The zero-order valence-electron chi connectivity index (χ0n) is 18.1. The summed E-state index contributed by atoms with van der Waals surface area (Å²) in [7, 11) is 1.67. The summed E-state index contributed by atoms with van der Waals surface area (Å²) in [6.45, 7) is 5.61. The first kappa shape index (κ1) is 21.2. The fourth-order valence-corrected chi connectivity index (χ4v) is 4.48. The molecule has 1 saturated heterocycles. The lowest BCUT2D eigenvalue weighted by molar-refractivity contribution is 0.414. The summed E-state index contributed by atoms with van der Waals surface area (Å²) >= 11 is 1.81. The maximum absolute atomic E-state index is 5.22. The number of piperidine rings is 1. The molecule has 1 aromatic carbocycles.